The van der Waals surface area contributed by atoms with Crippen LogP contribution in [0.4, 0.5) is 5.69 Å². The summed E-state index contributed by atoms with van der Waals surface area (Å²) in [5.41, 5.74) is 2.52. The molecule has 0 spiro atoms. The topological polar surface area (TPSA) is 40.6 Å². The summed E-state index contributed by atoms with van der Waals surface area (Å²) in [7, 11) is 0. The van der Waals surface area contributed by atoms with Crippen LogP contribution in [0.3, 0.4) is 0 Å². The van der Waals surface area contributed by atoms with Gasteiger partial charge in [-0.1, -0.05) is 30.0 Å². The first-order valence-electron chi connectivity index (χ1n) is 8.37. The SMILES string of the molecule is CC(=O)SCC1CC(=O)N(Cc2ccccc2N2CCCC2)C1. The van der Waals surface area contributed by atoms with Gasteiger partial charge < -0.3 is 9.80 Å². The van der Waals surface area contributed by atoms with Gasteiger partial charge in [-0.2, -0.15) is 0 Å². The van der Waals surface area contributed by atoms with Crippen LogP contribution in [0, 0.1) is 5.92 Å². The van der Waals surface area contributed by atoms with Crippen LogP contribution in [-0.2, 0) is 16.1 Å². The van der Waals surface area contributed by atoms with E-state index in [1.807, 2.05) is 4.90 Å². The molecule has 2 heterocycles. The molecule has 23 heavy (non-hydrogen) atoms. The minimum absolute atomic E-state index is 0.135. The molecule has 124 valence electrons. The minimum Gasteiger partial charge on any atom is -0.371 e. The average molecular weight is 332 g/mol. The van der Waals surface area contributed by atoms with Gasteiger partial charge in [0.15, 0.2) is 5.12 Å². The molecule has 2 saturated heterocycles. The van der Waals surface area contributed by atoms with Crippen molar-refractivity contribution in [2.45, 2.75) is 32.7 Å². The van der Waals surface area contributed by atoms with Gasteiger partial charge in [0, 0.05) is 51.0 Å². The summed E-state index contributed by atoms with van der Waals surface area (Å²) < 4.78 is 0. The highest BCUT2D eigenvalue weighted by Gasteiger charge is 2.30. The van der Waals surface area contributed by atoms with Crippen LogP contribution in [-0.4, -0.2) is 41.3 Å². The molecule has 1 aromatic rings. The number of carbonyl (C=O) groups excluding carboxylic acids is 2. The number of hydrogen-bond donors (Lipinski definition) is 0. The molecule has 0 radical (unpaired) electrons. The maximum absolute atomic E-state index is 12.3. The number of para-hydroxylation sites is 1. The monoisotopic (exact) mass is 332 g/mol. The van der Waals surface area contributed by atoms with Crippen LogP contribution < -0.4 is 4.90 Å². The summed E-state index contributed by atoms with van der Waals surface area (Å²) in [6, 6.07) is 8.44. The largest absolute Gasteiger partial charge is 0.371 e. The quantitative estimate of drug-likeness (QED) is 0.831. The third-order valence-electron chi connectivity index (χ3n) is 4.62. The third kappa shape index (κ3) is 4.08. The van der Waals surface area contributed by atoms with Gasteiger partial charge in [0.1, 0.15) is 0 Å². The predicted molar refractivity (Wildman–Crippen MR) is 94.6 cm³/mol. The normalized spacial score (nSPS) is 21.3. The summed E-state index contributed by atoms with van der Waals surface area (Å²) in [6.45, 7) is 5.28. The summed E-state index contributed by atoms with van der Waals surface area (Å²) in [5, 5.41) is 0.135. The molecule has 1 aromatic carbocycles. The molecule has 1 amide bonds. The molecular formula is C18H24N2O2S. The van der Waals surface area contributed by atoms with Crippen molar-refractivity contribution in [2.75, 3.05) is 30.3 Å². The number of nitrogens with zero attached hydrogens (tertiary/aromatic N) is 2. The van der Waals surface area contributed by atoms with Crippen molar-refractivity contribution >= 4 is 28.5 Å². The van der Waals surface area contributed by atoms with Gasteiger partial charge in [0.2, 0.25) is 5.91 Å². The van der Waals surface area contributed by atoms with E-state index in [4.69, 9.17) is 0 Å². The number of carbonyl (C=O) groups is 2. The van der Waals surface area contributed by atoms with Gasteiger partial charge in [-0.25, -0.2) is 0 Å². The second kappa shape index (κ2) is 7.39. The van der Waals surface area contributed by atoms with E-state index >= 15 is 0 Å². The van der Waals surface area contributed by atoms with E-state index < -0.39 is 0 Å². The van der Waals surface area contributed by atoms with Crippen molar-refractivity contribution in [3.8, 4) is 0 Å². The van der Waals surface area contributed by atoms with Gasteiger partial charge in [0.05, 0.1) is 0 Å². The summed E-state index contributed by atoms with van der Waals surface area (Å²) in [4.78, 5) is 27.8. The van der Waals surface area contributed by atoms with Gasteiger partial charge in [-0.3, -0.25) is 9.59 Å². The van der Waals surface area contributed by atoms with Crippen LogP contribution in [0.5, 0.6) is 0 Å². The highest BCUT2D eigenvalue weighted by atomic mass is 32.2. The van der Waals surface area contributed by atoms with Gasteiger partial charge >= 0.3 is 0 Å². The number of thioether (sulfide) groups is 1. The Morgan fingerprint density at radius 3 is 2.74 bits per heavy atom. The zero-order valence-corrected chi connectivity index (χ0v) is 14.5. The van der Waals surface area contributed by atoms with E-state index in [9.17, 15) is 9.59 Å². The third-order valence-corrected chi connectivity index (χ3v) is 5.66. The molecule has 0 aliphatic carbocycles. The Kier molecular flexibility index (Phi) is 5.26. The fourth-order valence-corrected chi connectivity index (χ4v) is 4.16. The zero-order chi connectivity index (χ0) is 16.2. The van der Waals surface area contributed by atoms with Crippen molar-refractivity contribution < 1.29 is 9.59 Å². The summed E-state index contributed by atoms with van der Waals surface area (Å²) >= 11 is 1.34. The lowest BCUT2D eigenvalue weighted by Gasteiger charge is -2.24. The van der Waals surface area contributed by atoms with Crippen molar-refractivity contribution in [1.29, 1.82) is 0 Å². The first-order valence-corrected chi connectivity index (χ1v) is 9.36. The molecule has 1 atom stereocenters. The van der Waals surface area contributed by atoms with E-state index in [2.05, 4.69) is 29.2 Å². The Hall–Kier alpha value is -1.49. The Balaban J connectivity index is 1.65. The molecule has 0 bridgehead atoms. The Labute approximate surface area is 142 Å². The van der Waals surface area contributed by atoms with E-state index in [0.29, 0.717) is 18.9 Å². The predicted octanol–water partition coefficient (Wildman–Crippen LogP) is 2.92. The van der Waals surface area contributed by atoms with E-state index in [1.165, 1.54) is 35.9 Å². The van der Waals surface area contributed by atoms with Gasteiger partial charge in [-0.05, 0) is 30.4 Å². The van der Waals surface area contributed by atoms with E-state index in [-0.39, 0.29) is 11.0 Å². The highest BCUT2D eigenvalue weighted by molar-refractivity contribution is 8.13. The van der Waals surface area contributed by atoms with Crippen LogP contribution in [0.25, 0.3) is 0 Å². The van der Waals surface area contributed by atoms with E-state index in [1.54, 1.807) is 6.92 Å². The molecule has 4 nitrogen and oxygen atoms in total. The number of rotatable bonds is 5. The number of benzene rings is 1. The minimum atomic E-state index is 0.135. The van der Waals surface area contributed by atoms with Crippen LogP contribution in [0.1, 0.15) is 31.7 Å². The molecule has 0 N–H and O–H groups in total. The summed E-state index contributed by atoms with van der Waals surface area (Å²) in [6.07, 6.45) is 3.08. The first-order chi connectivity index (χ1) is 11.1. The van der Waals surface area contributed by atoms with Gasteiger partial charge in [-0.15, -0.1) is 0 Å². The smallest absolute Gasteiger partial charge is 0.223 e. The lowest BCUT2D eigenvalue weighted by molar-refractivity contribution is -0.128. The second-order valence-electron chi connectivity index (χ2n) is 6.47. The molecule has 5 heteroatoms. The standard InChI is InChI=1S/C18H24N2O2S/c1-14(21)23-13-15-10-18(22)20(11-15)12-16-6-2-3-7-17(16)19-8-4-5-9-19/h2-3,6-7,15H,4-5,8-13H2,1H3. The lowest BCUT2D eigenvalue weighted by Crippen LogP contribution is -2.27. The zero-order valence-electron chi connectivity index (χ0n) is 13.7. The lowest BCUT2D eigenvalue weighted by atomic mass is 10.1. The van der Waals surface area contributed by atoms with Crippen LogP contribution in [0.2, 0.25) is 0 Å². The molecule has 2 fully saturated rings. The Morgan fingerprint density at radius 2 is 2.00 bits per heavy atom. The molecular weight excluding hydrogens is 308 g/mol. The number of likely N-dealkylation sites (tertiary alicyclic amines) is 1. The first kappa shape index (κ1) is 16.4. The maximum Gasteiger partial charge on any atom is 0.223 e. The number of anilines is 1. The van der Waals surface area contributed by atoms with Crippen molar-refractivity contribution in [1.82, 2.24) is 4.90 Å². The van der Waals surface area contributed by atoms with Crippen molar-refractivity contribution in [3.05, 3.63) is 29.8 Å². The molecule has 0 aromatic heterocycles. The molecule has 2 aliphatic rings. The fourth-order valence-electron chi connectivity index (χ4n) is 3.47. The van der Waals surface area contributed by atoms with Crippen LogP contribution >= 0.6 is 11.8 Å². The Bertz CT molecular complexity index is 584. The fraction of sp³-hybridized carbons (Fsp3) is 0.556. The van der Waals surface area contributed by atoms with Crippen molar-refractivity contribution in [2.24, 2.45) is 5.92 Å². The molecule has 3 rings (SSSR count). The van der Waals surface area contributed by atoms with Crippen LogP contribution in [0.15, 0.2) is 24.3 Å². The van der Waals surface area contributed by atoms with Gasteiger partial charge in [0.25, 0.3) is 0 Å². The molecule has 2 aliphatic heterocycles. The van der Waals surface area contributed by atoms with E-state index in [0.717, 1.165) is 25.4 Å². The Morgan fingerprint density at radius 1 is 1.26 bits per heavy atom. The number of hydrogen-bond acceptors (Lipinski definition) is 4. The molecule has 1 unspecified atom stereocenters. The second-order valence-corrected chi connectivity index (χ2v) is 7.67. The maximum atomic E-state index is 12.3. The number of amides is 1. The summed E-state index contributed by atoms with van der Waals surface area (Å²) in [5.74, 6) is 1.27. The molecule has 0 saturated carbocycles. The highest BCUT2D eigenvalue weighted by Crippen LogP contribution is 2.29. The van der Waals surface area contributed by atoms with Crippen molar-refractivity contribution in [3.63, 3.8) is 0 Å². The average Bonchev–Trinajstić information content (AvgIpc) is 3.16.